The van der Waals surface area contributed by atoms with Crippen molar-refractivity contribution in [3.05, 3.63) is 35.6 Å². The highest BCUT2D eigenvalue weighted by molar-refractivity contribution is 7.99. The molecule has 1 aromatic carbocycles. The molecule has 1 N–H and O–H groups in total. The Morgan fingerprint density at radius 2 is 1.90 bits per heavy atom. The van der Waals surface area contributed by atoms with Crippen molar-refractivity contribution in [2.45, 2.75) is 49.3 Å². The Balaban J connectivity index is 1.67. The zero-order valence-electron chi connectivity index (χ0n) is 15.7. The van der Waals surface area contributed by atoms with Crippen molar-refractivity contribution in [1.82, 2.24) is 5.32 Å². The molecule has 1 aliphatic carbocycles. The van der Waals surface area contributed by atoms with E-state index in [2.05, 4.69) is 0 Å². The summed E-state index contributed by atoms with van der Waals surface area (Å²) in [6.07, 6.45) is 1.40. The number of carbonyl (C=O) groups excluding carboxylic acids is 2. The van der Waals surface area contributed by atoms with E-state index in [-0.39, 0.29) is 5.76 Å². The summed E-state index contributed by atoms with van der Waals surface area (Å²) in [7, 11) is 0. The molecule has 2 aromatic rings. The van der Waals surface area contributed by atoms with Gasteiger partial charge in [0.2, 0.25) is 5.76 Å². The maximum absolute atomic E-state index is 12.5. The van der Waals surface area contributed by atoms with Crippen molar-refractivity contribution < 1.29 is 31.9 Å². The minimum atomic E-state index is -4.53. The molecule has 0 aliphatic heterocycles. The third-order valence-corrected chi connectivity index (χ3v) is 6.12. The second-order valence-electron chi connectivity index (χ2n) is 6.94. The summed E-state index contributed by atoms with van der Waals surface area (Å²) < 4.78 is 47.0. The number of furan rings is 1. The number of hydrogen-bond acceptors (Lipinski definition) is 5. The molecule has 1 fully saturated rings. The molecule has 0 bridgehead atoms. The lowest BCUT2D eigenvalue weighted by Crippen LogP contribution is -2.36. The summed E-state index contributed by atoms with van der Waals surface area (Å²) in [4.78, 5) is 24.0. The van der Waals surface area contributed by atoms with Crippen LogP contribution in [0.15, 0.2) is 28.7 Å². The summed E-state index contributed by atoms with van der Waals surface area (Å²) in [6, 6.07) is 7.20. The second kappa shape index (κ2) is 9.56. The first-order valence-corrected chi connectivity index (χ1v) is 10.5. The van der Waals surface area contributed by atoms with Gasteiger partial charge in [-0.1, -0.05) is 37.5 Å². The SMILES string of the molecule is O=C(COC(=O)c1oc2ccccc2c1CSC1CCCCC1)NCC(F)(F)F. The number of fused-ring (bicyclic) bond motifs is 1. The molecular formula is C20H22F3NO4S. The lowest BCUT2D eigenvalue weighted by Gasteiger charge is -2.20. The number of para-hydroxylation sites is 1. The van der Waals surface area contributed by atoms with Gasteiger partial charge in [0.15, 0.2) is 6.61 Å². The molecule has 1 aromatic heterocycles. The number of ether oxygens (including phenoxy) is 1. The fraction of sp³-hybridized carbons (Fsp3) is 0.500. The zero-order chi connectivity index (χ0) is 20.9. The van der Waals surface area contributed by atoms with Crippen molar-refractivity contribution in [2.75, 3.05) is 13.2 Å². The Labute approximate surface area is 170 Å². The Morgan fingerprint density at radius 3 is 2.62 bits per heavy atom. The fourth-order valence-electron chi connectivity index (χ4n) is 3.29. The molecule has 1 heterocycles. The average molecular weight is 429 g/mol. The van der Waals surface area contributed by atoms with E-state index in [4.69, 9.17) is 9.15 Å². The molecule has 158 valence electrons. The minimum absolute atomic E-state index is 0.00173. The lowest BCUT2D eigenvalue weighted by molar-refractivity contribution is -0.140. The van der Waals surface area contributed by atoms with Crippen LogP contribution in [0.1, 0.15) is 48.2 Å². The molecule has 3 rings (SSSR count). The summed E-state index contributed by atoms with van der Waals surface area (Å²) in [5, 5.41) is 2.98. The summed E-state index contributed by atoms with van der Waals surface area (Å²) >= 11 is 1.76. The quantitative estimate of drug-likeness (QED) is 0.639. The maximum atomic E-state index is 12.5. The van der Waals surface area contributed by atoms with E-state index in [1.165, 1.54) is 19.3 Å². The number of halogens is 3. The van der Waals surface area contributed by atoms with E-state index in [1.54, 1.807) is 29.2 Å². The van der Waals surface area contributed by atoms with Crippen LogP contribution in [-0.2, 0) is 15.3 Å². The summed E-state index contributed by atoms with van der Waals surface area (Å²) in [6.45, 7) is -2.28. The third-order valence-electron chi connectivity index (χ3n) is 4.72. The zero-order valence-corrected chi connectivity index (χ0v) is 16.5. The smallest absolute Gasteiger partial charge is 0.405 e. The van der Waals surface area contributed by atoms with Crippen molar-refractivity contribution in [3.63, 3.8) is 0 Å². The molecule has 1 aliphatic rings. The second-order valence-corrected chi connectivity index (χ2v) is 8.23. The highest BCUT2D eigenvalue weighted by atomic mass is 32.2. The molecule has 0 saturated heterocycles. The number of hydrogen-bond donors (Lipinski definition) is 1. The third kappa shape index (κ3) is 6.16. The predicted molar refractivity (Wildman–Crippen MR) is 104 cm³/mol. The highest BCUT2D eigenvalue weighted by Gasteiger charge is 2.28. The molecule has 0 atom stereocenters. The minimum Gasteiger partial charge on any atom is -0.450 e. The number of esters is 1. The van der Waals surface area contributed by atoms with Gasteiger partial charge in [0.25, 0.3) is 5.91 Å². The molecule has 29 heavy (non-hydrogen) atoms. The van der Waals surface area contributed by atoms with Gasteiger partial charge in [0.05, 0.1) is 0 Å². The molecule has 0 unspecified atom stereocenters. The molecule has 5 nitrogen and oxygen atoms in total. The van der Waals surface area contributed by atoms with Crippen molar-refractivity contribution in [2.24, 2.45) is 0 Å². The van der Waals surface area contributed by atoms with E-state index >= 15 is 0 Å². The van der Waals surface area contributed by atoms with Gasteiger partial charge >= 0.3 is 12.1 Å². The Kier molecular flexibility index (Phi) is 7.10. The molecule has 0 radical (unpaired) electrons. The number of carbonyl (C=O) groups is 2. The van der Waals surface area contributed by atoms with Gasteiger partial charge in [-0.05, 0) is 18.9 Å². The van der Waals surface area contributed by atoms with Crippen LogP contribution < -0.4 is 5.32 Å². The van der Waals surface area contributed by atoms with Crippen LogP contribution in [0.4, 0.5) is 13.2 Å². The topological polar surface area (TPSA) is 68.5 Å². The van der Waals surface area contributed by atoms with Gasteiger partial charge in [-0.15, -0.1) is 0 Å². The first-order valence-electron chi connectivity index (χ1n) is 9.46. The maximum Gasteiger partial charge on any atom is 0.405 e. The number of nitrogens with one attached hydrogen (secondary N) is 1. The van der Waals surface area contributed by atoms with Crippen LogP contribution in [0.5, 0.6) is 0 Å². The van der Waals surface area contributed by atoms with Crippen molar-refractivity contribution in [3.8, 4) is 0 Å². The number of thioether (sulfide) groups is 1. The normalized spacial score (nSPS) is 15.4. The number of rotatable bonds is 7. The van der Waals surface area contributed by atoms with E-state index in [0.717, 1.165) is 18.2 Å². The van der Waals surface area contributed by atoms with Gasteiger partial charge in [-0.3, -0.25) is 4.79 Å². The van der Waals surface area contributed by atoms with Crippen LogP contribution in [0.25, 0.3) is 11.0 Å². The Hall–Kier alpha value is -2.16. The van der Waals surface area contributed by atoms with Crippen molar-refractivity contribution in [1.29, 1.82) is 0 Å². The molecular weight excluding hydrogens is 407 g/mol. The monoisotopic (exact) mass is 429 g/mol. The van der Waals surface area contributed by atoms with E-state index in [9.17, 15) is 22.8 Å². The van der Waals surface area contributed by atoms with Crippen LogP contribution >= 0.6 is 11.8 Å². The Bertz CT molecular complexity index is 859. The van der Waals surface area contributed by atoms with Crippen LogP contribution in [0.2, 0.25) is 0 Å². The van der Waals surface area contributed by atoms with Crippen LogP contribution in [-0.4, -0.2) is 36.5 Å². The van der Waals surface area contributed by atoms with Gasteiger partial charge in [-0.2, -0.15) is 24.9 Å². The summed E-state index contributed by atoms with van der Waals surface area (Å²) in [5.41, 5.74) is 1.22. The molecule has 0 spiro atoms. The van der Waals surface area contributed by atoms with Gasteiger partial charge < -0.3 is 14.5 Å². The lowest BCUT2D eigenvalue weighted by atomic mass is 10.0. The first-order chi connectivity index (χ1) is 13.8. The summed E-state index contributed by atoms with van der Waals surface area (Å²) in [5.74, 6) is -1.32. The molecule has 1 saturated carbocycles. The van der Waals surface area contributed by atoms with Gasteiger partial charge in [0, 0.05) is 22.0 Å². The highest BCUT2D eigenvalue weighted by Crippen LogP contribution is 2.35. The predicted octanol–water partition coefficient (Wildman–Crippen LogP) is 4.83. The molecule has 1 amide bonds. The number of alkyl halides is 3. The standard InChI is InChI=1S/C20H22F3NO4S/c21-20(22,23)12-24-17(25)10-27-19(26)18-15(11-29-13-6-2-1-3-7-13)14-8-4-5-9-16(14)28-18/h4-5,8-9,13H,1-3,6-7,10-12H2,(H,24,25). The van der Waals surface area contributed by atoms with E-state index < -0.39 is 31.2 Å². The van der Waals surface area contributed by atoms with Crippen LogP contribution in [0.3, 0.4) is 0 Å². The average Bonchev–Trinajstić information content (AvgIpc) is 3.08. The first kappa shape index (κ1) is 21.5. The Morgan fingerprint density at radius 1 is 1.17 bits per heavy atom. The van der Waals surface area contributed by atoms with Gasteiger partial charge in [0.1, 0.15) is 12.1 Å². The molecule has 9 heteroatoms. The van der Waals surface area contributed by atoms with E-state index in [0.29, 0.717) is 22.1 Å². The van der Waals surface area contributed by atoms with Crippen molar-refractivity contribution >= 4 is 34.6 Å². The fourth-order valence-corrected chi connectivity index (χ4v) is 4.64. The van der Waals surface area contributed by atoms with Gasteiger partial charge in [-0.25, -0.2) is 4.79 Å². The number of benzene rings is 1. The van der Waals surface area contributed by atoms with E-state index in [1.807, 2.05) is 12.1 Å². The van der Waals surface area contributed by atoms with Crippen LogP contribution in [0, 0.1) is 0 Å². The largest absolute Gasteiger partial charge is 0.450 e. The number of amides is 1.